The second-order valence-electron chi connectivity index (χ2n) is 5.81. The highest BCUT2D eigenvalue weighted by molar-refractivity contribution is 6.17. The molecule has 1 amide bonds. The summed E-state index contributed by atoms with van der Waals surface area (Å²) in [5.74, 6) is -1.30. The second kappa shape index (κ2) is 5.67. The Bertz CT molecular complexity index is 907. The zero-order chi connectivity index (χ0) is 18.4. The fourth-order valence-electron chi connectivity index (χ4n) is 3.56. The average Bonchev–Trinajstić information content (AvgIpc) is 2.82. The van der Waals surface area contributed by atoms with E-state index >= 15 is 0 Å². The molecular formula is C18H17N3O4. The van der Waals surface area contributed by atoms with Crippen molar-refractivity contribution in [2.24, 2.45) is 5.73 Å². The van der Waals surface area contributed by atoms with Crippen LogP contribution in [-0.4, -0.2) is 18.5 Å². The highest BCUT2D eigenvalue weighted by Crippen LogP contribution is 2.52. The maximum atomic E-state index is 13.1. The summed E-state index contributed by atoms with van der Waals surface area (Å²) in [5, 5.41) is 12.5. The number of ether oxygens (including phenoxy) is 2. The number of aryl methyl sites for hydroxylation is 1. The molecule has 1 atom stereocenters. The van der Waals surface area contributed by atoms with Gasteiger partial charge < -0.3 is 20.5 Å². The molecule has 2 heterocycles. The van der Waals surface area contributed by atoms with E-state index in [4.69, 9.17) is 15.2 Å². The molecule has 7 heteroatoms. The largest absolute Gasteiger partial charge is 0.462 e. The number of nitrogens with zero attached hydrogens (tertiary/aromatic N) is 1. The molecule has 1 aromatic carbocycles. The number of hydrogen-bond acceptors (Lipinski definition) is 6. The van der Waals surface area contributed by atoms with E-state index in [-0.39, 0.29) is 29.4 Å². The van der Waals surface area contributed by atoms with Crippen molar-refractivity contribution < 1.29 is 19.1 Å². The first-order valence-corrected chi connectivity index (χ1v) is 7.77. The van der Waals surface area contributed by atoms with Crippen molar-refractivity contribution in [3.05, 3.63) is 52.1 Å². The minimum Gasteiger partial charge on any atom is -0.462 e. The Morgan fingerprint density at radius 3 is 2.80 bits per heavy atom. The third-order valence-corrected chi connectivity index (χ3v) is 4.44. The van der Waals surface area contributed by atoms with Gasteiger partial charge in [0.2, 0.25) is 11.8 Å². The second-order valence-corrected chi connectivity index (χ2v) is 5.81. The lowest BCUT2D eigenvalue weighted by Gasteiger charge is -2.34. The van der Waals surface area contributed by atoms with Crippen LogP contribution in [0.25, 0.3) is 0 Å². The highest BCUT2D eigenvalue weighted by Gasteiger charge is 2.60. The van der Waals surface area contributed by atoms with Gasteiger partial charge >= 0.3 is 5.97 Å². The van der Waals surface area contributed by atoms with E-state index in [0.717, 1.165) is 5.56 Å². The van der Waals surface area contributed by atoms with Crippen LogP contribution >= 0.6 is 0 Å². The van der Waals surface area contributed by atoms with E-state index in [1.165, 1.54) is 6.92 Å². The van der Waals surface area contributed by atoms with Crippen LogP contribution in [0.15, 0.2) is 41.0 Å². The van der Waals surface area contributed by atoms with Crippen molar-refractivity contribution >= 4 is 17.6 Å². The first-order chi connectivity index (χ1) is 11.9. The van der Waals surface area contributed by atoms with Gasteiger partial charge in [-0.15, -0.1) is 0 Å². The van der Waals surface area contributed by atoms with Crippen LogP contribution in [0.4, 0.5) is 5.69 Å². The maximum absolute atomic E-state index is 13.1. The molecule has 0 bridgehead atoms. The van der Waals surface area contributed by atoms with Crippen molar-refractivity contribution in [3.63, 3.8) is 0 Å². The van der Waals surface area contributed by atoms with Gasteiger partial charge in [0.1, 0.15) is 23.0 Å². The van der Waals surface area contributed by atoms with Crippen LogP contribution in [0.5, 0.6) is 0 Å². The summed E-state index contributed by atoms with van der Waals surface area (Å²) in [6, 6.07) is 7.26. The fraction of sp³-hybridized carbons (Fsp3) is 0.278. The molecule has 0 radical (unpaired) electrons. The Morgan fingerprint density at radius 1 is 1.44 bits per heavy atom. The number of rotatable bonds is 2. The Labute approximate surface area is 144 Å². The zero-order valence-electron chi connectivity index (χ0n) is 14.1. The number of hydrogen-bond donors (Lipinski definition) is 2. The Balaban J connectivity index is 2.44. The molecule has 0 aromatic heterocycles. The number of carbonyl (C=O) groups is 2. The third-order valence-electron chi connectivity index (χ3n) is 4.44. The van der Waals surface area contributed by atoms with Gasteiger partial charge in [-0.3, -0.25) is 4.79 Å². The fourth-order valence-corrected chi connectivity index (χ4v) is 3.56. The lowest BCUT2D eigenvalue weighted by Crippen LogP contribution is -2.46. The average molecular weight is 339 g/mol. The molecule has 1 spiro atoms. The maximum Gasteiger partial charge on any atom is 0.339 e. The molecule has 1 unspecified atom stereocenters. The van der Waals surface area contributed by atoms with Crippen LogP contribution in [0.2, 0.25) is 0 Å². The number of nitrogens with one attached hydrogen (secondary N) is 1. The monoisotopic (exact) mass is 339 g/mol. The summed E-state index contributed by atoms with van der Waals surface area (Å²) >= 11 is 0. The van der Waals surface area contributed by atoms with Gasteiger partial charge in [-0.1, -0.05) is 12.1 Å². The van der Waals surface area contributed by atoms with Crippen LogP contribution in [0, 0.1) is 18.3 Å². The van der Waals surface area contributed by atoms with E-state index in [0.29, 0.717) is 11.3 Å². The van der Waals surface area contributed by atoms with Crippen LogP contribution in [0.3, 0.4) is 0 Å². The van der Waals surface area contributed by atoms with E-state index in [1.54, 1.807) is 32.0 Å². The molecule has 0 fully saturated rings. The molecule has 0 saturated carbocycles. The molecule has 3 rings (SSSR count). The normalized spacial score (nSPS) is 21.6. The lowest BCUT2D eigenvalue weighted by atomic mass is 9.67. The van der Waals surface area contributed by atoms with Crippen molar-refractivity contribution in [1.29, 1.82) is 5.26 Å². The Kier molecular flexibility index (Phi) is 3.76. The van der Waals surface area contributed by atoms with Gasteiger partial charge in [-0.25, -0.2) is 4.79 Å². The van der Waals surface area contributed by atoms with Gasteiger partial charge in [0.15, 0.2) is 5.41 Å². The molecular weight excluding hydrogens is 322 g/mol. The van der Waals surface area contributed by atoms with Crippen molar-refractivity contribution in [3.8, 4) is 6.07 Å². The summed E-state index contributed by atoms with van der Waals surface area (Å²) in [6.45, 7) is 5.11. The van der Waals surface area contributed by atoms with Crippen molar-refractivity contribution in [1.82, 2.24) is 0 Å². The van der Waals surface area contributed by atoms with Crippen molar-refractivity contribution in [2.45, 2.75) is 26.2 Å². The summed E-state index contributed by atoms with van der Waals surface area (Å²) in [6.07, 6.45) is 0. The molecule has 7 nitrogen and oxygen atoms in total. The first kappa shape index (κ1) is 16.6. The number of fused-ring (bicyclic) bond motifs is 2. The van der Waals surface area contributed by atoms with Crippen LogP contribution in [-0.2, 0) is 24.5 Å². The standard InChI is InChI=1S/C18H17N3O4/c1-4-24-16(22)14-10(3)25-15(20)11(8-19)18(14)13-9(2)6-5-7-12(13)21-17(18)23/h5-7H,4,20H2,1-3H3,(H,21,23). The number of nitrogens with two attached hydrogens (primary N) is 1. The van der Waals surface area contributed by atoms with Gasteiger partial charge in [-0.05, 0) is 32.4 Å². The topological polar surface area (TPSA) is 114 Å². The van der Waals surface area contributed by atoms with Crippen molar-refractivity contribution in [2.75, 3.05) is 11.9 Å². The Morgan fingerprint density at radius 2 is 2.16 bits per heavy atom. The molecule has 3 N–H and O–H groups in total. The SMILES string of the molecule is CCOC(=O)C1=C(C)OC(N)=C(C#N)C12C(=O)Nc1cccc(C)c12. The van der Waals surface area contributed by atoms with E-state index in [9.17, 15) is 14.9 Å². The summed E-state index contributed by atoms with van der Waals surface area (Å²) in [5.41, 5.74) is 5.89. The number of amides is 1. The summed E-state index contributed by atoms with van der Waals surface area (Å²) in [4.78, 5) is 25.8. The number of allylic oxidation sites excluding steroid dienone is 1. The molecule has 0 aliphatic carbocycles. The number of nitriles is 1. The minimum atomic E-state index is -1.67. The van der Waals surface area contributed by atoms with Crippen LogP contribution < -0.4 is 11.1 Å². The van der Waals surface area contributed by atoms with E-state index < -0.39 is 17.3 Å². The number of esters is 1. The zero-order valence-corrected chi connectivity index (χ0v) is 14.1. The van der Waals surface area contributed by atoms with E-state index in [2.05, 4.69) is 5.32 Å². The molecule has 25 heavy (non-hydrogen) atoms. The highest BCUT2D eigenvalue weighted by atomic mass is 16.5. The van der Waals surface area contributed by atoms with Crippen LogP contribution in [0.1, 0.15) is 25.0 Å². The molecule has 0 saturated heterocycles. The molecule has 2 aliphatic rings. The Hall–Kier alpha value is -3.27. The number of carbonyl (C=O) groups excluding carboxylic acids is 2. The summed E-state index contributed by atoms with van der Waals surface area (Å²) < 4.78 is 10.5. The molecule has 1 aromatic rings. The van der Waals surface area contributed by atoms with Gasteiger partial charge in [-0.2, -0.15) is 5.26 Å². The summed E-state index contributed by atoms with van der Waals surface area (Å²) in [7, 11) is 0. The predicted molar refractivity (Wildman–Crippen MR) is 88.7 cm³/mol. The smallest absolute Gasteiger partial charge is 0.339 e. The quantitative estimate of drug-likeness (QED) is 0.793. The number of benzene rings is 1. The molecule has 2 aliphatic heterocycles. The third kappa shape index (κ3) is 2.04. The van der Waals surface area contributed by atoms with Gasteiger partial charge in [0.25, 0.3) is 0 Å². The van der Waals surface area contributed by atoms with Gasteiger partial charge in [0.05, 0.1) is 6.61 Å². The minimum absolute atomic E-state index is 0.0225. The first-order valence-electron chi connectivity index (χ1n) is 7.77. The van der Waals surface area contributed by atoms with Gasteiger partial charge in [0, 0.05) is 11.3 Å². The lowest BCUT2D eigenvalue weighted by molar-refractivity contribution is -0.140. The number of anilines is 1. The van der Waals surface area contributed by atoms with E-state index in [1.807, 2.05) is 6.07 Å². The molecule has 128 valence electrons. The predicted octanol–water partition coefficient (Wildman–Crippen LogP) is 1.75.